The Morgan fingerprint density at radius 3 is 2.65 bits per heavy atom. The first-order valence-electron chi connectivity index (χ1n) is 7.61. The highest BCUT2D eigenvalue weighted by atomic mass is 16.5. The van der Waals surface area contributed by atoms with E-state index in [1.807, 2.05) is 6.92 Å². The number of rotatable bonds is 6. The van der Waals surface area contributed by atoms with Gasteiger partial charge < -0.3 is 15.2 Å². The number of anilines is 1. The Balaban J connectivity index is 2.21. The quantitative estimate of drug-likeness (QED) is 0.861. The van der Waals surface area contributed by atoms with E-state index in [0.29, 0.717) is 24.2 Å². The van der Waals surface area contributed by atoms with Gasteiger partial charge >= 0.3 is 0 Å². The van der Waals surface area contributed by atoms with Gasteiger partial charge in [0.15, 0.2) is 5.82 Å². The molecule has 0 aliphatic carbocycles. The molecule has 0 bridgehead atoms. The van der Waals surface area contributed by atoms with Crippen LogP contribution in [0.5, 0.6) is 0 Å². The smallest absolute Gasteiger partial charge is 0.273 e. The Bertz CT molecular complexity index is 682. The molecule has 2 aromatic heterocycles. The van der Waals surface area contributed by atoms with Gasteiger partial charge in [-0.1, -0.05) is 19.0 Å². The summed E-state index contributed by atoms with van der Waals surface area (Å²) in [4.78, 5) is 26.6. The van der Waals surface area contributed by atoms with Gasteiger partial charge in [0.1, 0.15) is 5.69 Å². The maximum atomic E-state index is 12.7. The van der Waals surface area contributed by atoms with Gasteiger partial charge in [0.05, 0.1) is 6.54 Å². The number of nitrogen functional groups attached to an aromatic ring is 1. The molecule has 8 heteroatoms. The topological polar surface area (TPSA) is 111 Å². The lowest BCUT2D eigenvalue weighted by Crippen LogP contribution is -2.31. The maximum Gasteiger partial charge on any atom is 0.273 e. The Morgan fingerprint density at radius 2 is 2.09 bits per heavy atom. The number of nitrogens with two attached hydrogens (primary N) is 1. The fraction of sp³-hybridized carbons (Fsp3) is 0.533. The van der Waals surface area contributed by atoms with Crippen LogP contribution in [0.25, 0.3) is 0 Å². The van der Waals surface area contributed by atoms with Gasteiger partial charge in [0, 0.05) is 19.2 Å². The molecule has 0 aliphatic heterocycles. The van der Waals surface area contributed by atoms with Crippen molar-refractivity contribution >= 4 is 11.9 Å². The normalized spacial score (nSPS) is 11.0. The summed E-state index contributed by atoms with van der Waals surface area (Å²) >= 11 is 0. The first-order chi connectivity index (χ1) is 10.9. The average Bonchev–Trinajstić information content (AvgIpc) is 2.88. The number of hydrogen-bond acceptors (Lipinski definition) is 7. The molecule has 0 fully saturated rings. The highest BCUT2D eigenvalue weighted by molar-refractivity contribution is 5.92. The minimum Gasteiger partial charge on any atom is -0.368 e. The summed E-state index contributed by atoms with van der Waals surface area (Å²) in [7, 11) is 0. The van der Waals surface area contributed by atoms with Crippen LogP contribution < -0.4 is 5.73 Å². The molecule has 0 saturated carbocycles. The number of carbonyl (C=O) groups is 1. The van der Waals surface area contributed by atoms with E-state index in [0.717, 1.165) is 12.1 Å². The minimum atomic E-state index is -0.228. The van der Waals surface area contributed by atoms with Crippen LogP contribution in [-0.4, -0.2) is 37.5 Å². The predicted molar refractivity (Wildman–Crippen MR) is 84.4 cm³/mol. The number of aromatic nitrogens is 4. The summed E-state index contributed by atoms with van der Waals surface area (Å²) < 4.78 is 4.93. The van der Waals surface area contributed by atoms with Gasteiger partial charge in [-0.15, -0.1) is 0 Å². The lowest BCUT2D eigenvalue weighted by Gasteiger charge is -2.19. The largest absolute Gasteiger partial charge is 0.368 e. The molecule has 124 valence electrons. The molecule has 0 saturated heterocycles. The Hall–Kier alpha value is -2.51. The molecule has 0 aliphatic rings. The van der Waals surface area contributed by atoms with Crippen molar-refractivity contribution in [3.05, 3.63) is 29.2 Å². The standard InChI is InChI=1S/C15H22N6O2/c1-5-21(8-13-17-10(4)23-20-13)14(22)12-7-11(6-9(2)3)18-15(16)19-12/h7,9H,5-6,8H2,1-4H3,(H2,16,18,19). The number of carbonyl (C=O) groups excluding carboxylic acids is 1. The van der Waals surface area contributed by atoms with E-state index in [4.69, 9.17) is 10.3 Å². The molecule has 2 N–H and O–H groups in total. The van der Waals surface area contributed by atoms with Gasteiger partial charge in [0.25, 0.3) is 5.91 Å². The first kappa shape index (κ1) is 16.9. The summed E-state index contributed by atoms with van der Waals surface area (Å²) in [5, 5.41) is 3.82. The van der Waals surface area contributed by atoms with Crippen molar-refractivity contribution in [3.8, 4) is 0 Å². The van der Waals surface area contributed by atoms with E-state index in [1.165, 1.54) is 0 Å². The van der Waals surface area contributed by atoms with E-state index in [9.17, 15) is 4.79 Å². The summed E-state index contributed by atoms with van der Waals surface area (Å²) in [6.07, 6.45) is 0.739. The Morgan fingerprint density at radius 1 is 1.35 bits per heavy atom. The van der Waals surface area contributed by atoms with Crippen LogP contribution in [0.4, 0.5) is 5.95 Å². The monoisotopic (exact) mass is 318 g/mol. The van der Waals surface area contributed by atoms with Gasteiger partial charge in [-0.25, -0.2) is 9.97 Å². The zero-order chi connectivity index (χ0) is 17.0. The van der Waals surface area contributed by atoms with Crippen molar-refractivity contribution in [2.45, 2.75) is 40.7 Å². The third-order valence-corrected chi connectivity index (χ3v) is 3.20. The molecule has 2 heterocycles. The Labute approximate surface area is 135 Å². The zero-order valence-electron chi connectivity index (χ0n) is 13.9. The third-order valence-electron chi connectivity index (χ3n) is 3.20. The molecule has 1 amide bonds. The van der Waals surface area contributed by atoms with Crippen molar-refractivity contribution in [2.75, 3.05) is 12.3 Å². The van der Waals surface area contributed by atoms with Crippen LogP contribution in [0.1, 0.15) is 48.7 Å². The molecule has 0 spiro atoms. The molecule has 2 rings (SSSR count). The molecule has 23 heavy (non-hydrogen) atoms. The van der Waals surface area contributed by atoms with E-state index >= 15 is 0 Å². The minimum absolute atomic E-state index is 0.109. The first-order valence-corrected chi connectivity index (χ1v) is 7.61. The molecule has 8 nitrogen and oxygen atoms in total. The molecular formula is C15H22N6O2. The number of amides is 1. The summed E-state index contributed by atoms with van der Waals surface area (Å²) in [6, 6.07) is 1.70. The summed E-state index contributed by atoms with van der Waals surface area (Å²) in [6.45, 7) is 8.50. The zero-order valence-corrected chi connectivity index (χ0v) is 13.9. The second kappa shape index (κ2) is 7.17. The van der Waals surface area contributed by atoms with Crippen LogP contribution in [0.15, 0.2) is 10.6 Å². The number of nitrogens with zero attached hydrogens (tertiary/aromatic N) is 5. The van der Waals surface area contributed by atoms with Gasteiger partial charge in [-0.3, -0.25) is 4.79 Å². The second-order valence-electron chi connectivity index (χ2n) is 5.75. The predicted octanol–water partition coefficient (Wildman–Crippen LogP) is 1.61. The van der Waals surface area contributed by atoms with E-state index in [-0.39, 0.29) is 24.1 Å². The fourth-order valence-electron chi connectivity index (χ4n) is 2.22. The maximum absolute atomic E-state index is 12.7. The van der Waals surface area contributed by atoms with Crippen LogP contribution in [0.2, 0.25) is 0 Å². The lowest BCUT2D eigenvalue weighted by atomic mass is 10.1. The van der Waals surface area contributed by atoms with Crippen molar-refractivity contribution in [1.29, 1.82) is 0 Å². The second-order valence-corrected chi connectivity index (χ2v) is 5.75. The lowest BCUT2D eigenvalue weighted by molar-refractivity contribution is 0.0741. The Kier molecular flexibility index (Phi) is 5.25. The van der Waals surface area contributed by atoms with Crippen molar-refractivity contribution in [1.82, 2.24) is 25.0 Å². The van der Waals surface area contributed by atoms with E-state index in [1.54, 1.807) is 17.9 Å². The van der Waals surface area contributed by atoms with Crippen LogP contribution in [0.3, 0.4) is 0 Å². The molecular weight excluding hydrogens is 296 g/mol. The highest BCUT2D eigenvalue weighted by Crippen LogP contribution is 2.12. The molecule has 2 aromatic rings. The van der Waals surface area contributed by atoms with Crippen molar-refractivity contribution in [2.24, 2.45) is 5.92 Å². The van der Waals surface area contributed by atoms with Crippen LogP contribution >= 0.6 is 0 Å². The van der Waals surface area contributed by atoms with Crippen LogP contribution in [0, 0.1) is 12.8 Å². The van der Waals surface area contributed by atoms with E-state index < -0.39 is 0 Å². The number of hydrogen-bond donors (Lipinski definition) is 1. The average molecular weight is 318 g/mol. The van der Waals surface area contributed by atoms with E-state index in [2.05, 4.69) is 34.0 Å². The summed E-state index contributed by atoms with van der Waals surface area (Å²) in [5.41, 5.74) is 6.79. The SMILES string of the molecule is CCN(Cc1noc(C)n1)C(=O)c1cc(CC(C)C)nc(N)n1. The van der Waals surface area contributed by atoms with Gasteiger partial charge in [-0.05, 0) is 25.3 Å². The van der Waals surface area contributed by atoms with Gasteiger partial charge in [0.2, 0.25) is 11.8 Å². The fourth-order valence-corrected chi connectivity index (χ4v) is 2.22. The summed E-state index contributed by atoms with van der Waals surface area (Å²) in [5.74, 6) is 1.22. The van der Waals surface area contributed by atoms with Gasteiger partial charge in [-0.2, -0.15) is 4.98 Å². The highest BCUT2D eigenvalue weighted by Gasteiger charge is 2.20. The van der Waals surface area contributed by atoms with Crippen molar-refractivity contribution < 1.29 is 9.32 Å². The third kappa shape index (κ3) is 4.48. The number of aryl methyl sites for hydroxylation is 1. The molecule has 0 atom stereocenters. The van der Waals surface area contributed by atoms with Crippen LogP contribution in [-0.2, 0) is 13.0 Å². The molecule has 0 unspecified atom stereocenters. The molecule has 0 aromatic carbocycles. The van der Waals surface area contributed by atoms with Crippen molar-refractivity contribution in [3.63, 3.8) is 0 Å². The molecule has 0 radical (unpaired) electrons.